The first-order valence-electron chi connectivity index (χ1n) is 9.01. The third-order valence-corrected chi connectivity index (χ3v) is 4.03. The van der Waals surface area contributed by atoms with Crippen molar-refractivity contribution in [3.05, 3.63) is 53.6 Å². The fourth-order valence-electron chi connectivity index (χ4n) is 2.46. The molecule has 0 aliphatic heterocycles. The van der Waals surface area contributed by atoms with Crippen LogP contribution in [0.2, 0.25) is 0 Å². The maximum Gasteiger partial charge on any atom is 0.161 e. The van der Waals surface area contributed by atoms with E-state index in [4.69, 9.17) is 18.9 Å². The first-order chi connectivity index (χ1) is 12.9. The number of aldehydes is 1. The van der Waals surface area contributed by atoms with Gasteiger partial charge < -0.3 is 18.9 Å². The Balaban J connectivity index is 1.64. The predicted molar refractivity (Wildman–Crippen MR) is 105 cm³/mol. The van der Waals surface area contributed by atoms with E-state index in [1.54, 1.807) is 25.3 Å². The molecule has 0 amide bonds. The van der Waals surface area contributed by atoms with Gasteiger partial charge in [-0.1, -0.05) is 32.9 Å². The fourth-order valence-corrected chi connectivity index (χ4v) is 2.46. The summed E-state index contributed by atoms with van der Waals surface area (Å²) >= 11 is 0. The predicted octanol–water partition coefficient (Wildman–Crippen LogP) is 4.28. The highest BCUT2D eigenvalue weighted by Gasteiger charge is 2.12. The van der Waals surface area contributed by atoms with E-state index in [-0.39, 0.29) is 5.41 Å². The van der Waals surface area contributed by atoms with Gasteiger partial charge in [0, 0.05) is 5.56 Å². The van der Waals surface area contributed by atoms with Gasteiger partial charge >= 0.3 is 0 Å². The van der Waals surface area contributed by atoms with Gasteiger partial charge in [-0.25, -0.2) is 0 Å². The summed E-state index contributed by atoms with van der Waals surface area (Å²) in [5.74, 6) is 1.95. The van der Waals surface area contributed by atoms with Crippen molar-refractivity contribution in [2.24, 2.45) is 0 Å². The Morgan fingerprint density at radius 3 is 2.11 bits per heavy atom. The summed E-state index contributed by atoms with van der Waals surface area (Å²) in [6.07, 6.45) is 0.770. The minimum absolute atomic E-state index is 0.137. The summed E-state index contributed by atoms with van der Waals surface area (Å²) in [5.41, 5.74) is 1.96. The van der Waals surface area contributed by atoms with Crippen molar-refractivity contribution in [3.63, 3.8) is 0 Å². The number of hydrogen-bond donors (Lipinski definition) is 0. The second-order valence-corrected chi connectivity index (χ2v) is 7.11. The topological polar surface area (TPSA) is 54.0 Å². The Labute approximate surface area is 161 Å². The summed E-state index contributed by atoms with van der Waals surface area (Å²) in [6.45, 7) is 8.33. The molecule has 0 aliphatic carbocycles. The second kappa shape index (κ2) is 9.97. The molecule has 0 saturated heterocycles. The molecule has 5 nitrogen and oxygen atoms in total. The first-order valence-corrected chi connectivity index (χ1v) is 9.01. The minimum Gasteiger partial charge on any atom is -0.493 e. The summed E-state index contributed by atoms with van der Waals surface area (Å²) in [7, 11) is 1.54. The molecule has 2 rings (SSSR count). The maximum absolute atomic E-state index is 10.8. The van der Waals surface area contributed by atoms with Crippen LogP contribution in [0.1, 0.15) is 36.7 Å². The van der Waals surface area contributed by atoms with Crippen LogP contribution in [0, 0.1) is 0 Å². The zero-order valence-corrected chi connectivity index (χ0v) is 16.5. The van der Waals surface area contributed by atoms with E-state index in [9.17, 15) is 4.79 Å². The molecule has 0 atom stereocenters. The molecule has 0 radical (unpaired) electrons. The van der Waals surface area contributed by atoms with Gasteiger partial charge in [0.25, 0.3) is 0 Å². The van der Waals surface area contributed by atoms with Crippen molar-refractivity contribution in [1.82, 2.24) is 0 Å². The summed E-state index contributed by atoms with van der Waals surface area (Å²) in [5, 5.41) is 0. The normalized spacial score (nSPS) is 11.1. The van der Waals surface area contributed by atoms with Gasteiger partial charge in [0.15, 0.2) is 11.5 Å². The number of hydrogen-bond acceptors (Lipinski definition) is 5. The van der Waals surface area contributed by atoms with Crippen molar-refractivity contribution in [2.45, 2.75) is 26.2 Å². The molecule has 0 aromatic heterocycles. The lowest BCUT2D eigenvalue weighted by Crippen LogP contribution is -2.13. The van der Waals surface area contributed by atoms with Crippen LogP contribution in [-0.4, -0.2) is 39.8 Å². The van der Waals surface area contributed by atoms with Crippen LogP contribution in [0.4, 0.5) is 0 Å². The quantitative estimate of drug-likeness (QED) is 0.460. The molecule has 2 aromatic rings. The van der Waals surface area contributed by atoms with Crippen molar-refractivity contribution in [3.8, 4) is 17.2 Å². The maximum atomic E-state index is 10.8. The Morgan fingerprint density at radius 1 is 0.852 bits per heavy atom. The van der Waals surface area contributed by atoms with Crippen LogP contribution in [0.3, 0.4) is 0 Å². The Kier molecular flexibility index (Phi) is 7.67. The average molecular weight is 372 g/mol. The second-order valence-electron chi connectivity index (χ2n) is 7.11. The van der Waals surface area contributed by atoms with E-state index in [0.29, 0.717) is 43.5 Å². The lowest BCUT2D eigenvalue weighted by molar-refractivity contribution is 0.0757. The monoisotopic (exact) mass is 372 g/mol. The number of carbonyl (C=O) groups excluding carboxylic acids is 1. The van der Waals surface area contributed by atoms with Gasteiger partial charge in [0.1, 0.15) is 25.2 Å². The molecule has 0 fully saturated rings. The molecule has 0 unspecified atom stereocenters. The SMILES string of the molecule is COc1cc(C=O)ccc1OCCOCCOc1ccc(C(C)(C)C)cc1. The minimum atomic E-state index is 0.137. The van der Waals surface area contributed by atoms with Crippen LogP contribution >= 0.6 is 0 Å². The van der Waals surface area contributed by atoms with Crippen molar-refractivity contribution >= 4 is 6.29 Å². The van der Waals surface area contributed by atoms with Gasteiger partial charge in [-0.2, -0.15) is 0 Å². The Bertz CT molecular complexity index is 716. The van der Waals surface area contributed by atoms with E-state index in [0.717, 1.165) is 12.0 Å². The van der Waals surface area contributed by atoms with E-state index in [1.165, 1.54) is 5.56 Å². The highest BCUT2D eigenvalue weighted by molar-refractivity contribution is 5.76. The van der Waals surface area contributed by atoms with Gasteiger partial charge in [-0.05, 0) is 41.3 Å². The molecule has 0 saturated carbocycles. The Morgan fingerprint density at radius 2 is 1.52 bits per heavy atom. The molecule has 0 spiro atoms. The molecule has 0 aliphatic rings. The van der Waals surface area contributed by atoms with E-state index in [2.05, 4.69) is 32.9 Å². The number of carbonyl (C=O) groups is 1. The van der Waals surface area contributed by atoms with Gasteiger partial charge in [-0.15, -0.1) is 0 Å². The average Bonchev–Trinajstić information content (AvgIpc) is 2.67. The fraction of sp³-hybridized carbons (Fsp3) is 0.409. The molecular weight excluding hydrogens is 344 g/mol. The number of rotatable bonds is 10. The zero-order valence-electron chi connectivity index (χ0n) is 16.5. The number of ether oxygens (including phenoxy) is 4. The summed E-state index contributed by atoms with van der Waals surface area (Å²) < 4.78 is 22.1. The molecule has 2 aromatic carbocycles. The molecule has 0 N–H and O–H groups in total. The molecule has 0 heterocycles. The standard InChI is InChI=1S/C22H28O5/c1-22(2,3)18-6-8-19(9-7-18)26-13-11-25-12-14-27-20-10-5-17(16-23)15-21(20)24-4/h5-10,15-16H,11-14H2,1-4H3. The number of benzene rings is 2. The molecule has 27 heavy (non-hydrogen) atoms. The van der Waals surface area contributed by atoms with Crippen molar-refractivity contribution in [2.75, 3.05) is 33.5 Å². The molecule has 5 heteroatoms. The van der Waals surface area contributed by atoms with Crippen LogP contribution in [0.15, 0.2) is 42.5 Å². The van der Waals surface area contributed by atoms with Crippen LogP contribution < -0.4 is 14.2 Å². The van der Waals surface area contributed by atoms with E-state index in [1.807, 2.05) is 12.1 Å². The zero-order chi connectivity index (χ0) is 19.7. The van der Waals surface area contributed by atoms with Gasteiger partial charge in [0.2, 0.25) is 0 Å². The lowest BCUT2D eigenvalue weighted by Gasteiger charge is -2.19. The van der Waals surface area contributed by atoms with Gasteiger partial charge in [-0.3, -0.25) is 4.79 Å². The molecular formula is C22H28O5. The Hall–Kier alpha value is -2.53. The van der Waals surface area contributed by atoms with Gasteiger partial charge in [0.05, 0.1) is 20.3 Å². The highest BCUT2D eigenvalue weighted by Crippen LogP contribution is 2.27. The van der Waals surface area contributed by atoms with E-state index < -0.39 is 0 Å². The van der Waals surface area contributed by atoms with Crippen molar-refractivity contribution < 1.29 is 23.7 Å². The molecule has 146 valence electrons. The first kappa shape index (κ1) is 20.8. The smallest absolute Gasteiger partial charge is 0.161 e. The van der Waals surface area contributed by atoms with E-state index >= 15 is 0 Å². The summed E-state index contributed by atoms with van der Waals surface area (Å²) in [4.78, 5) is 10.8. The van der Waals surface area contributed by atoms with Crippen LogP contribution in [0.5, 0.6) is 17.2 Å². The third kappa shape index (κ3) is 6.61. The molecule has 0 bridgehead atoms. The largest absolute Gasteiger partial charge is 0.493 e. The third-order valence-electron chi connectivity index (χ3n) is 4.03. The highest BCUT2D eigenvalue weighted by atomic mass is 16.6. The summed E-state index contributed by atoms with van der Waals surface area (Å²) in [6, 6.07) is 13.2. The van der Waals surface area contributed by atoms with Crippen molar-refractivity contribution in [1.29, 1.82) is 0 Å². The lowest BCUT2D eigenvalue weighted by atomic mass is 9.87. The van der Waals surface area contributed by atoms with Crippen LogP contribution in [-0.2, 0) is 10.2 Å². The van der Waals surface area contributed by atoms with Crippen LogP contribution in [0.25, 0.3) is 0 Å². The number of methoxy groups -OCH3 is 1.